The van der Waals surface area contributed by atoms with Gasteiger partial charge in [-0.1, -0.05) is 0 Å². The molecule has 14 heteroatoms. The number of ether oxygens (including phenoxy) is 1. The van der Waals surface area contributed by atoms with Crippen molar-refractivity contribution in [2.45, 2.75) is 13.0 Å². The quantitative estimate of drug-likeness (QED) is 0.551. The average Bonchev–Trinajstić information content (AvgIpc) is 2.85. The zero-order chi connectivity index (χ0) is 25.6. The largest absolute Gasteiger partial charge is 0.497 e. The number of aromatic nitrogens is 1. The minimum atomic E-state index is -3.28. The van der Waals surface area contributed by atoms with E-state index in [1.54, 1.807) is 29.7 Å². The SMILES string of the molecule is COc1ccc(N(Cc2ccc(C(=O)NNC(=O)C(F)F)cn2)C(=O)N2CCS(=O)(=O)CC2)cc1. The molecule has 0 radical (unpaired) electrons. The van der Waals surface area contributed by atoms with Crippen molar-refractivity contribution in [3.63, 3.8) is 0 Å². The highest BCUT2D eigenvalue weighted by Gasteiger charge is 2.29. The van der Waals surface area contributed by atoms with E-state index in [0.717, 1.165) is 0 Å². The van der Waals surface area contributed by atoms with Gasteiger partial charge in [-0.15, -0.1) is 0 Å². The summed E-state index contributed by atoms with van der Waals surface area (Å²) in [5.74, 6) is -2.17. The van der Waals surface area contributed by atoms with Crippen molar-refractivity contribution >= 4 is 33.4 Å². The summed E-state index contributed by atoms with van der Waals surface area (Å²) in [5, 5.41) is 0. The molecule has 1 aromatic carbocycles. The van der Waals surface area contributed by atoms with Crippen LogP contribution in [-0.4, -0.2) is 74.3 Å². The Kier molecular flexibility index (Phi) is 8.17. The van der Waals surface area contributed by atoms with E-state index in [4.69, 9.17) is 4.74 Å². The van der Waals surface area contributed by atoms with Crippen LogP contribution in [0.1, 0.15) is 16.1 Å². The highest BCUT2D eigenvalue weighted by atomic mass is 32.2. The first-order chi connectivity index (χ1) is 16.6. The molecule has 1 aromatic heterocycles. The Balaban J connectivity index is 1.76. The minimum Gasteiger partial charge on any atom is -0.497 e. The molecule has 1 aliphatic heterocycles. The van der Waals surface area contributed by atoms with E-state index in [-0.39, 0.29) is 36.7 Å². The molecule has 0 unspecified atom stereocenters. The number of carbonyl (C=O) groups is 3. The van der Waals surface area contributed by atoms with Gasteiger partial charge in [-0.25, -0.2) is 13.2 Å². The van der Waals surface area contributed by atoms with Crippen LogP contribution in [0.15, 0.2) is 42.6 Å². The van der Waals surface area contributed by atoms with E-state index < -0.39 is 34.1 Å². The molecule has 1 aliphatic rings. The molecule has 0 spiro atoms. The first-order valence-electron chi connectivity index (χ1n) is 10.3. The number of amides is 4. The summed E-state index contributed by atoms with van der Waals surface area (Å²) in [6.45, 7) is 0.119. The molecule has 4 amide bonds. The maximum absolute atomic E-state index is 13.3. The van der Waals surface area contributed by atoms with Gasteiger partial charge in [0.25, 0.3) is 5.91 Å². The summed E-state index contributed by atoms with van der Waals surface area (Å²) in [7, 11) is -1.68. The third kappa shape index (κ3) is 6.85. The number of pyridine rings is 1. The molecule has 1 fully saturated rings. The first-order valence-corrected chi connectivity index (χ1v) is 12.2. The Morgan fingerprint density at radius 1 is 1.09 bits per heavy atom. The molecule has 3 rings (SSSR count). The van der Waals surface area contributed by atoms with Crippen LogP contribution >= 0.6 is 0 Å². The number of anilines is 1. The third-order valence-corrected chi connectivity index (χ3v) is 6.74. The summed E-state index contributed by atoms with van der Waals surface area (Å²) >= 11 is 0. The predicted octanol–water partition coefficient (Wildman–Crippen LogP) is 0.973. The topological polar surface area (TPSA) is 138 Å². The number of nitrogens with zero attached hydrogens (tertiary/aromatic N) is 3. The predicted molar refractivity (Wildman–Crippen MR) is 121 cm³/mol. The smallest absolute Gasteiger partial charge is 0.324 e. The molecule has 188 valence electrons. The maximum atomic E-state index is 13.3. The van der Waals surface area contributed by atoms with Gasteiger partial charge in [-0.2, -0.15) is 8.78 Å². The van der Waals surface area contributed by atoms with Gasteiger partial charge in [0.05, 0.1) is 36.4 Å². The van der Waals surface area contributed by atoms with Crippen LogP contribution in [-0.2, 0) is 21.2 Å². The summed E-state index contributed by atoms with van der Waals surface area (Å²) in [4.78, 5) is 43.2. The van der Waals surface area contributed by atoms with Gasteiger partial charge in [0, 0.05) is 25.0 Å². The van der Waals surface area contributed by atoms with Gasteiger partial charge >= 0.3 is 18.4 Å². The van der Waals surface area contributed by atoms with Gasteiger partial charge in [0.1, 0.15) is 5.75 Å². The number of nitrogens with one attached hydrogen (secondary N) is 2. The lowest BCUT2D eigenvalue weighted by Gasteiger charge is -2.33. The number of halogens is 2. The zero-order valence-corrected chi connectivity index (χ0v) is 19.4. The Hall–Kier alpha value is -3.81. The second-order valence-corrected chi connectivity index (χ2v) is 9.79. The molecule has 2 aromatic rings. The van der Waals surface area contributed by atoms with Gasteiger partial charge in [-0.05, 0) is 36.4 Å². The molecule has 0 atom stereocenters. The van der Waals surface area contributed by atoms with Crippen molar-refractivity contribution in [3.8, 4) is 5.75 Å². The number of benzene rings is 1. The molecule has 35 heavy (non-hydrogen) atoms. The molecule has 11 nitrogen and oxygen atoms in total. The molecule has 0 saturated carbocycles. The molecule has 1 saturated heterocycles. The summed E-state index contributed by atoms with van der Waals surface area (Å²) in [5.41, 5.74) is 4.35. The van der Waals surface area contributed by atoms with Crippen molar-refractivity contribution < 1.29 is 36.3 Å². The van der Waals surface area contributed by atoms with Gasteiger partial charge in [0.15, 0.2) is 9.84 Å². The van der Waals surface area contributed by atoms with E-state index in [2.05, 4.69) is 4.98 Å². The molecule has 2 N–H and O–H groups in total. The van der Waals surface area contributed by atoms with Crippen LogP contribution in [0.4, 0.5) is 19.3 Å². The van der Waals surface area contributed by atoms with Gasteiger partial charge in [-0.3, -0.25) is 30.3 Å². The summed E-state index contributed by atoms with van der Waals surface area (Å²) in [6.07, 6.45) is -2.11. The second kappa shape index (κ2) is 11.1. The zero-order valence-electron chi connectivity index (χ0n) is 18.6. The molecular formula is C21H23F2N5O6S. The van der Waals surface area contributed by atoms with Crippen molar-refractivity contribution in [3.05, 3.63) is 53.9 Å². The second-order valence-electron chi connectivity index (χ2n) is 7.49. The van der Waals surface area contributed by atoms with Crippen LogP contribution in [0.2, 0.25) is 0 Å². The van der Waals surface area contributed by atoms with E-state index in [9.17, 15) is 31.6 Å². The van der Waals surface area contributed by atoms with Crippen LogP contribution < -0.4 is 20.5 Å². The van der Waals surface area contributed by atoms with Gasteiger partial charge in [0.2, 0.25) is 0 Å². The van der Waals surface area contributed by atoms with Crippen molar-refractivity contribution in [2.75, 3.05) is 36.6 Å². The molecular weight excluding hydrogens is 488 g/mol. The van der Waals surface area contributed by atoms with Crippen molar-refractivity contribution in [1.82, 2.24) is 20.7 Å². The van der Waals surface area contributed by atoms with Crippen LogP contribution in [0.25, 0.3) is 0 Å². The fourth-order valence-corrected chi connectivity index (χ4v) is 4.37. The number of hydrazine groups is 1. The lowest BCUT2D eigenvalue weighted by atomic mass is 10.2. The van der Waals surface area contributed by atoms with E-state index in [0.29, 0.717) is 17.1 Å². The van der Waals surface area contributed by atoms with E-state index in [1.165, 1.54) is 35.2 Å². The highest BCUT2D eigenvalue weighted by Crippen LogP contribution is 2.23. The van der Waals surface area contributed by atoms with E-state index >= 15 is 0 Å². The number of methoxy groups -OCH3 is 1. The number of sulfone groups is 1. The molecule has 0 aliphatic carbocycles. The first kappa shape index (κ1) is 25.8. The Labute approximate surface area is 199 Å². The Morgan fingerprint density at radius 2 is 1.74 bits per heavy atom. The standard InChI is InChI=1S/C21H23F2N5O6S/c1-34-17-6-4-16(5-7-17)28(21(31)27-8-10-35(32,33)11-9-27)13-15-3-2-14(12-24-15)19(29)25-26-20(30)18(22)23/h2-7,12,18H,8-11,13H2,1H3,(H,25,29)(H,26,30). The third-order valence-electron chi connectivity index (χ3n) is 5.13. The lowest BCUT2D eigenvalue weighted by molar-refractivity contribution is -0.132. The number of carbonyl (C=O) groups excluding carboxylic acids is 3. The maximum Gasteiger partial charge on any atom is 0.324 e. The number of urea groups is 1. The number of hydrogen-bond donors (Lipinski definition) is 2. The number of hydrogen-bond acceptors (Lipinski definition) is 7. The average molecular weight is 512 g/mol. The lowest BCUT2D eigenvalue weighted by Crippen LogP contribution is -2.49. The molecule has 2 heterocycles. The summed E-state index contributed by atoms with van der Waals surface area (Å²) in [6, 6.07) is 9.10. The van der Waals surface area contributed by atoms with Gasteiger partial charge < -0.3 is 9.64 Å². The van der Waals surface area contributed by atoms with Crippen LogP contribution in [0.3, 0.4) is 0 Å². The van der Waals surface area contributed by atoms with Crippen LogP contribution in [0.5, 0.6) is 5.75 Å². The minimum absolute atomic E-state index is 0.00156. The fourth-order valence-electron chi connectivity index (χ4n) is 3.17. The normalized spacial score (nSPS) is 14.8. The van der Waals surface area contributed by atoms with Crippen LogP contribution in [0, 0.1) is 0 Å². The number of rotatable bonds is 6. The van der Waals surface area contributed by atoms with Crippen molar-refractivity contribution in [2.24, 2.45) is 0 Å². The Morgan fingerprint density at radius 3 is 2.29 bits per heavy atom. The summed E-state index contributed by atoms with van der Waals surface area (Å²) < 4.78 is 53.1. The fraction of sp³-hybridized carbons (Fsp3) is 0.333. The molecule has 0 bridgehead atoms. The van der Waals surface area contributed by atoms with E-state index in [1.807, 2.05) is 5.43 Å². The Bertz CT molecular complexity index is 1160. The monoisotopic (exact) mass is 511 g/mol. The highest BCUT2D eigenvalue weighted by molar-refractivity contribution is 7.91. The van der Waals surface area contributed by atoms with Crippen molar-refractivity contribution in [1.29, 1.82) is 0 Å². The number of alkyl halides is 2.